The molecule has 0 spiro atoms. The minimum Gasteiger partial charge on any atom is -0.452 e. The summed E-state index contributed by atoms with van der Waals surface area (Å²) in [6.45, 7) is 5.19. The Morgan fingerprint density at radius 2 is 1.67 bits per heavy atom. The molecule has 0 aliphatic carbocycles. The van der Waals surface area contributed by atoms with E-state index < -0.39 is 18.0 Å². The van der Waals surface area contributed by atoms with Crippen molar-refractivity contribution in [2.75, 3.05) is 5.32 Å². The summed E-state index contributed by atoms with van der Waals surface area (Å²) in [5.74, 6) is -1.06. The largest absolute Gasteiger partial charge is 0.452 e. The number of rotatable bonds is 6. The van der Waals surface area contributed by atoms with E-state index in [-0.39, 0.29) is 17.7 Å². The van der Waals surface area contributed by atoms with Crippen molar-refractivity contribution in [3.8, 4) is 5.69 Å². The molecule has 156 valence electrons. The van der Waals surface area contributed by atoms with Crippen LogP contribution in [0.4, 0.5) is 5.69 Å². The van der Waals surface area contributed by atoms with E-state index in [1.54, 1.807) is 18.7 Å². The van der Waals surface area contributed by atoms with Crippen LogP contribution in [0, 0.1) is 13.8 Å². The molecule has 1 atom stereocenters. The van der Waals surface area contributed by atoms with Crippen molar-refractivity contribution in [2.45, 2.75) is 33.3 Å². The normalized spacial score (nSPS) is 11.7. The lowest BCUT2D eigenvalue weighted by molar-refractivity contribution is -0.152. The second-order valence-electron chi connectivity index (χ2n) is 7.22. The van der Waals surface area contributed by atoms with E-state index in [1.165, 1.54) is 11.6 Å². The molecule has 3 aromatic rings. The zero-order valence-corrected chi connectivity index (χ0v) is 17.5. The number of anilines is 1. The second-order valence-corrected chi connectivity index (χ2v) is 7.22. The lowest BCUT2D eigenvalue weighted by Gasteiger charge is -2.13. The summed E-state index contributed by atoms with van der Waals surface area (Å²) in [4.78, 5) is 37.6. The summed E-state index contributed by atoms with van der Waals surface area (Å²) in [6, 6.07) is 16.7. The highest BCUT2D eigenvalue weighted by Crippen LogP contribution is 2.14. The van der Waals surface area contributed by atoms with Gasteiger partial charge in [-0.2, -0.15) is 0 Å². The number of ether oxygens (including phenoxy) is 1. The van der Waals surface area contributed by atoms with Crippen molar-refractivity contribution in [1.82, 2.24) is 9.36 Å². The van der Waals surface area contributed by atoms with Gasteiger partial charge in [0.1, 0.15) is 5.69 Å². The molecule has 0 aliphatic rings. The van der Waals surface area contributed by atoms with Crippen LogP contribution in [-0.4, -0.2) is 27.3 Å². The third-order valence-corrected chi connectivity index (χ3v) is 4.95. The van der Waals surface area contributed by atoms with Crippen molar-refractivity contribution in [3.63, 3.8) is 0 Å². The van der Waals surface area contributed by atoms with E-state index in [9.17, 15) is 14.4 Å². The molecule has 1 heterocycles. The van der Waals surface area contributed by atoms with Crippen molar-refractivity contribution >= 4 is 17.6 Å². The molecule has 1 unspecified atom stereocenters. The fourth-order valence-electron chi connectivity index (χ4n) is 3.10. The van der Waals surface area contributed by atoms with Gasteiger partial charge in [0.25, 0.3) is 11.5 Å². The maximum Gasteiger partial charge on any atom is 0.311 e. The van der Waals surface area contributed by atoms with E-state index in [0.717, 1.165) is 11.1 Å². The average molecular weight is 407 g/mol. The van der Waals surface area contributed by atoms with Crippen LogP contribution in [0.15, 0.2) is 59.4 Å². The lowest BCUT2D eigenvalue weighted by atomic mass is 10.1. The molecule has 0 bridgehead atoms. The molecular formula is C23H25N3O4. The number of nitrogens with zero attached hydrogens (tertiary/aromatic N) is 2. The van der Waals surface area contributed by atoms with Gasteiger partial charge in [0.05, 0.1) is 17.8 Å². The molecule has 1 aromatic heterocycles. The van der Waals surface area contributed by atoms with Gasteiger partial charge in [0.15, 0.2) is 6.10 Å². The first-order valence-electron chi connectivity index (χ1n) is 9.68. The van der Waals surface area contributed by atoms with Gasteiger partial charge in [0, 0.05) is 7.05 Å². The Balaban J connectivity index is 1.70. The van der Waals surface area contributed by atoms with Crippen LogP contribution in [0.3, 0.4) is 0 Å². The van der Waals surface area contributed by atoms with Crippen molar-refractivity contribution in [2.24, 2.45) is 7.05 Å². The molecule has 7 nitrogen and oxygen atoms in total. The molecule has 3 rings (SSSR count). The second kappa shape index (κ2) is 8.82. The molecule has 2 aromatic carbocycles. The fraction of sp³-hybridized carbons (Fsp3) is 0.261. The Morgan fingerprint density at radius 1 is 1.03 bits per heavy atom. The molecule has 0 fully saturated rings. The van der Waals surface area contributed by atoms with E-state index in [1.807, 2.05) is 61.5 Å². The van der Waals surface area contributed by atoms with Crippen molar-refractivity contribution in [1.29, 1.82) is 0 Å². The van der Waals surface area contributed by atoms with Gasteiger partial charge in [-0.05, 0) is 38.5 Å². The van der Waals surface area contributed by atoms with Gasteiger partial charge >= 0.3 is 5.97 Å². The first-order valence-corrected chi connectivity index (χ1v) is 9.68. The van der Waals surface area contributed by atoms with E-state index in [2.05, 4.69) is 5.32 Å². The Labute approximate surface area is 174 Å². The zero-order chi connectivity index (χ0) is 21.8. The van der Waals surface area contributed by atoms with Crippen LogP contribution in [0.25, 0.3) is 5.69 Å². The predicted octanol–water partition coefficient (Wildman–Crippen LogP) is 2.91. The van der Waals surface area contributed by atoms with E-state index in [4.69, 9.17) is 4.74 Å². The number of nitrogens with one attached hydrogen (secondary N) is 1. The molecule has 0 saturated carbocycles. The first-order chi connectivity index (χ1) is 14.3. The number of para-hydroxylation sites is 1. The molecule has 0 aliphatic heterocycles. The van der Waals surface area contributed by atoms with Crippen molar-refractivity contribution in [3.05, 3.63) is 81.8 Å². The highest BCUT2D eigenvalue weighted by atomic mass is 16.5. The maximum atomic E-state index is 12.9. The number of hydrogen-bond donors (Lipinski definition) is 1. The number of hydrogen-bond acceptors (Lipinski definition) is 4. The standard InChI is InChI=1S/C23H25N3O4/c1-15-10-12-18(13-11-15)14-20(27)30-17(3)22(28)24-21-16(2)25(4)26(23(21)29)19-8-6-5-7-9-19/h5-13,17H,14H2,1-4H3,(H,24,28). The lowest BCUT2D eigenvalue weighted by Crippen LogP contribution is -2.32. The number of carbonyl (C=O) groups excluding carboxylic acids is 2. The Morgan fingerprint density at radius 3 is 2.30 bits per heavy atom. The molecule has 0 radical (unpaired) electrons. The molecule has 7 heteroatoms. The number of amides is 1. The minimum absolute atomic E-state index is 0.0725. The Kier molecular flexibility index (Phi) is 6.20. The summed E-state index contributed by atoms with van der Waals surface area (Å²) >= 11 is 0. The Hall–Kier alpha value is -3.61. The number of carbonyl (C=O) groups is 2. The van der Waals surface area contributed by atoms with Gasteiger partial charge in [-0.15, -0.1) is 0 Å². The number of aryl methyl sites for hydroxylation is 1. The van der Waals surface area contributed by atoms with Gasteiger partial charge in [-0.1, -0.05) is 48.0 Å². The SMILES string of the molecule is Cc1ccc(CC(=O)OC(C)C(=O)Nc2c(C)n(C)n(-c3ccccc3)c2=O)cc1. The maximum absolute atomic E-state index is 12.9. The summed E-state index contributed by atoms with van der Waals surface area (Å²) in [6.07, 6.45) is -0.963. The van der Waals surface area contributed by atoms with Gasteiger partial charge < -0.3 is 10.1 Å². The molecule has 30 heavy (non-hydrogen) atoms. The predicted molar refractivity (Wildman–Crippen MR) is 115 cm³/mol. The average Bonchev–Trinajstić information content (AvgIpc) is 2.93. The topological polar surface area (TPSA) is 82.3 Å². The van der Waals surface area contributed by atoms with E-state index >= 15 is 0 Å². The van der Waals surface area contributed by atoms with Gasteiger partial charge in [-0.25, -0.2) is 4.68 Å². The van der Waals surface area contributed by atoms with Crippen LogP contribution in [0.5, 0.6) is 0 Å². The van der Waals surface area contributed by atoms with Crippen LogP contribution in [-0.2, 0) is 27.8 Å². The number of esters is 1. The Bertz CT molecular complexity index is 1110. The van der Waals surface area contributed by atoms with Crippen LogP contribution >= 0.6 is 0 Å². The molecule has 1 N–H and O–H groups in total. The zero-order valence-electron chi connectivity index (χ0n) is 17.5. The smallest absolute Gasteiger partial charge is 0.311 e. The number of benzene rings is 2. The highest BCUT2D eigenvalue weighted by Gasteiger charge is 2.23. The summed E-state index contributed by atoms with van der Waals surface area (Å²) < 4.78 is 8.39. The minimum atomic E-state index is -1.04. The van der Waals surface area contributed by atoms with Crippen LogP contribution in [0.1, 0.15) is 23.7 Å². The van der Waals surface area contributed by atoms with Gasteiger partial charge in [0.2, 0.25) is 0 Å². The van der Waals surface area contributed by atoms with E-state index in [0.29, 0.717) is 11.4 Å². The highest BCUT2D eigenvalue weighted by molar-refractivity contribution is 5.95. The van der Waals surface area contributed by atoms with Gasteiger partial charge in [-0.3, -0.25) is 19.1 Å². The molecular weight excluding hydrogens is 382 g/mol. The fourth-order valence-corrected chi connectivity index (χ4v) is 3.10. The number of aromatic nitrogens is 2. The summed E-state index contributed by atoms with van der Waals surface area (Å²) in [5.41, 5.74) is 2.99. The van der Waals surface area contributed by atoms with Crippen molar-refractivity contribution < 1.29 is 14.3 Å². The summed E-state index contributed by atoms with van der Waals surface area (Å²) in [7, 11) is 1.74. The third-order valence-electron chi connectivity index (χ3n) is 4.95. The third kappa shape index (κ3) is 4.51. The summed E-state index contributed by atoms with van der Waals surface area (Å²) in [5, 5.41) is 2.62. The van der Waals surface area contributed by atoms with Crippen LogP contribution in [0.2, 0.25) is 0 Å². The molecule has 0 saturated heterocycles. The molecule has 1 amide bonds. The van der Waals surface area contributed by atoms with Crippen LogP contribution < -0.4 is 10.9 Å². The first kappa shape index (κ1) is 21.1. The monoisotopic (exact) mass is 407 g/mol. The quantitative estimate of drug-likeness (QED) is 0.637.